The van der Waals surface area contributed by atoms with Crippen LogP contribution in [0.2, 0.25) is 4.34 Å². The molecule has 34 heavy (non-hydrogen) atoms. The molecule has 2 unspecified atom stereocenters. The molecular weight excluding hydrogens is 478 g/mol. The molecule has 11 heteroatoms. The Morgan fingerprint density at radius 1 is 1.26 bits per heavy atom. The second-order valence-corrected chi connectivity index (χ2v) is 10.1. The number of carbonyl (C=O) groups is 3. The molecule has 0 spiro atoms. The monoisotopic (exact) mass is 505 g/mol. The summed E-state index contributed by atoms with van der Waals surface area (Å²) in [4.78, 5) is 41.4. The van der Waals surface area contributed by atoms with Crippen molar-refractivity contribution in [2.45, 2.75) is 38.3 Å². The van der Waals surface area contributed by atoms with Crippen molar-refractivity contribution in [1.82, 2.24) is 5.32 Å². The van der Waals surface area contributed by atoms with Gasteiger partial charge in [0.05, 0.1) is 33.7 Å². The summed E-state index contributed by atoms with van der Waals surface area (Å²) in [5.41, 5.74) is 8.22. The third kappa shape index (κ3) is 5.63. The molecule has 2 aliphatic heterocycles. The predicted octanol–water partition coefficient (Wildman–Crippen LogP) is 3.43. The number of amides is 3. The highest BCUT2D eigenvalue weighted by Crippen LogP contribution is 2.34. The minimum atomic E-state index is -0.500. The van der Waals surface area contributed by atoms with Crippen molar-refractivity contribution in [2.75, 3.05) is 41.3 Å². The summed E-state index contributed by atoms with van der Waals surface area (Å²) in [7, 11) is 0. The van der Waals surface area contributed by atoms with Crippen LogP contribution in [-0.2, 0) is 9.53 Å². The van der Waals surface area contributed by atoms with Gasteiger partial charge in [0.2, 0.25) is 5.91 Å². The van der Waals surface area contributed by atoms with E-state index >= 15 is 0 Å². The highest BCUT2D eigenvalue weighted by atomic mass is 35.5. The molecule has 3 amide bonds. The van der Waals surface area contributed by atoms with Crippen molar-refractivity contribution in [3.63, 3.8) is 0 Å². The van der Waals surface area contributed by atoms with Crippen LogP contribution in [0.3, 0.4) is 0 Å². The molecule has 0 aliphatic carbocycles. The number of carbonyl (C=O) groups excluding carboxylic acids is 3. The predicted molar refractivity (Wildman–Crippen MR) is 134 cm³/mol. The summed E-state index contributed by atoms with van der Waals surface area (Å²) < 4.78 is 5.99. The van der Waals surface area contributed by atoms with Gasteiger partial charge in [-0.15, -0.1) is 11.3 Å². The van der Waals surface area contributed by atoms with Gasteiger partial charge in [0, 0.05) is 31.2 Å². The van der Waals surface area contributed by atoms with E-state index in [0.717, 1.165) is 25.1 Å². The maximum absolute atomic E-state index is 12.6. The van der Waals surface area contributed by atoms with Crippen LogP contribution in [-0.4, -0.2) is 56.2 Å². The summed E-state index contributed by atoms with van der Waals surface area (Å²) >= 11 is 7.07. The number of anilines is 3. The van der Waals surface area contributed by atoms with Crippen molar-refractivity contribution in [3.05, 3.63) is 39.5 Å². The van der Waals surface area contributed by atoms with Crippen molar-refractivity contribution < 1.29 is 19.1 Å². The van der Waals surface area contributed by atoms with E-state index in [1.807, 2.05) is 19.1 Å². The normalized spacial score (nSPS) is 19.9. The van der Waals surface area contributed by atoms with Crippen LogP contribution in [0.1, 0.15) is 35.9 Å². The molecular formula is C23H28ClN5O4S. The largest absolute Gasteiger partial charge is 0.442 e. The van der Waals surface area contributed by atoms with Crippen molar-refractivity contribution in [1.29, 1.82) is 0 Å². The first-order valence-electron chi connectivity index (χ1n) is 11.3. The third-order valence-electron chi connectivity index (χ3n) is 5.77. The molecule has 2 atom stereocenters. The van der Waals surface area contributed by atoms with Gasteiger partial charge in [-0.05, 0) is 43.2 Å². The average Bonchev–Trinajstić information content (AvgIpc) is 3.52. The zero-order valence-corrected chi connectivity index (χ0v) is 20.5. The minimum absolute atomic E-state index is 0.0809. The van der Waals surface area contributed by atoms with E-state index in [9.17, 15) is 14.4 Å². The molecule has 3 heterocycles. The Kier molecular flexibility index (Phi) is 7.60. The SMILES string of the molecule is CCCC(=O)Nc1cc(N2CC(CNC(=O)c3ccc(Cl)s3)OC2=O)ccc1N1CCC(N)C1. The van der Waals surface area contributed by atoms with E-state index in [2.05, 4.69) is 15.5 Å². The Labute approximate surface area is 207 Å². The Balaban J connectivity index is 1.46. The van der Waals surface area contributed by atoms with Crippen molar-refractivity contribution in [2.24, 2.45) is 5.73 Å². The topological polar surface area (TPSA) is 117 Å². The Bertz CT molecular complexity index is 1080. The molecule has 2 aliphatic rings. The van der Waals surface area contributed by atoms with Crippen LogP contribution < -0.4 is 26.2 Å². The lowest BCUT2D eigenvalue weighted by Gasteiger charge is -2.24. The summed E-state index contributed by atoms with van der Waals surface area (Å²) in [5, 5.41) is 5.77. The second-order valence-electron chi connectivity index (χ2n) is 8.42. The van der Waals surface area contributed by atoms with E-state index in [4.69, 9.17) is 22.1 Å². The quantitative estimate of drug-likeness (QED) is 0.506. The van der Waals surface area contributed by atoms with Gasteiger partial charge in [0.1, 0.15) is 6.10 Å². The van der Waals surface area contributed by atoms with Gasteiger partial charge in [-0.3, -0.25) is 14.5 Å². The molecule has 2 aromatic rings. The van der Waals surface area contributed by atoms with Crippen LogP contribution in [0.15, 0.2) is 30.3 Å². The van der Waals surface area contributed by atoms with Gasteiger partial charge in [-0.1, -0.05) is 18.5 Å². The van der Waals surface area contributed by atoms with Gasteiger partial charge in [0.15, 0.2) is 0 Å². The first-order chi connectivity index (χ1) is 16.3. The summed E-state index contributed by atoms with van der Waals surface area (Å²) in [6.45, 7) is 3.92. The molecule has 9 nitrogen and oxygen atoms in total. The highest BCUT2D eigenvalue weighted by Gasteiger charge is 2.33. The van der Waals surface area contributed by atoms with E-state index < -0.39 is 12.2 Å². The maximum atomic E-state index is 12.6. The molecule has 4 N–H and O–H groups in total. The smallest absolute Gasteiger partial charge is 0.414 e. The fraction of sp³-hybridized carbons (Fsp3) is 0.435. The number of benzene rings is 1. The summed E-state index contributed by atoms with van der Waals surface area (Å²) in [6, 6.07) is 8.94. The standard InChI is InChI=1S/C23H28ClN5O4S/c1-2-3-21(30)27-17-10-15(4-5-18(17)28-9-8-14(25)12-28)29-13-16(33-23(29)32)11-26-22(31)19-6-7-20(24)34-19/h4-7,10,14,16H,2-3,8-9,11-13,25H2,1H3,(H,26,31)(H,27,30). The third-order valence-corrected chi connectivity index (χ3v) is 7.00. The van der Waals surface area contributed by atoms with Crippen LogP contribution in [0.5, 0.6) is 0 Å². The number of cyclic esters (lactones) is 1. The lowest BCUT2D eigenvalue weighted by atomic mass is 10.2. The lowest BCUT2D eigenvalue weighted by Crippen LogP contribution is -2.34. The van der Waals surface area contributed by atoms with E-state index in [1.54, 1.807) is 18.2 Å². The van der Waals surface area contributed by atoms with Gasteiger partial charge < -0.3 is 26.0 Å². The first kappa shape index (κ1) is 24.3. The van der Waals surface area contributed by atoms with E-state index in [-0.39, 0.29) is 30.9 Å². The van der Waals surface area contributed by atoms with Crippen LogP contribution >= 0.6 is 22.9 Å². The molecule has 1 aromatic carbocycles. The number of hydrogen-bond acceptors (Lipinski definition) is 7. The fourth-order valence-electron chi connectivity index (χ4n) is 4.08. The number of ether oxygens (including phenoxy) is 1. The fourth-order valence-corrected chi connectivity index (χ4v) is 5.04. The molecule has 4 rings (SSSR count). The highest BCUT2D eigenvalue weighted by molar-refractivity contribution is 7.18. The van der Waals surface area contributed by atoms with Crippen molar-refractivity contribution in [3.8, 4) is 0 Å². The van der Waals surface area contributed by atoms with Crippen LogP contribution in [0.4, 0.5) is 21.9 Å². The Morgan fingerprint density at radius 2 is 2.09 bits per heavy atom. The maximum Gasteiger partial charge on any atom is 0.414 e. The van der Waals surface area contributed by atoms with E-state index in [0.29, 0.717) is 33.6 Å². The van der Waals surface area contributed by atoms with Crippen LogP contribution in [0.25, 0.3) is 0 Å². The minimum Gasteiger partial charge on any atom is -0.442 e. The number of nitrogens with two attached hydrogens (primary N) is 1. The van der Waals surface area contributed by atoms with Gasteiger partial charge in [-0.2, -0.15) is 0 Å². The van der Waals surface area contributed by atoms with E-state index in [1.165, 1.54) is 16.2 Å². The summed E-state index contributed by atoms with van der Waals surface area (Å²) in [6.07, 6.45) is 1.03. The van der Waals surface area contributed by atoms with Gasteiger partial charge >= 0.3 is 6.09 Å². The molecule has 182 valence electrons. The van der Waals surface area contributed by atoms with Crippen molar-refractivity contribution >= 4 is 57.9 Å². The number of halogens is 1. The van der Waals surface area contributed by atoms with Crippen LogP contribution in [0, 0.1) is 0 Å². The molecule has 2 fully saturated rings. The average molecular weight is 506 g/mol. The zero-order valence-electron chi connectivity index (χ0n) is 18.9. The molecule has 1 aromatic heterocycles. The molecule has 2 saturated heterocycles. The number of thiophene rings is 1. The number of hydrogen-bond donors (Lipinski definition) is 3. The Morgan fingerprint density at radius 3 is 2.76 bits per heavy atom. The number of nitrogens with one attached hydrogen (secondary N) is 2. The molecule has 0 bridgehead atoms. The lowest BCUT2D eigenvalue weighted by molar-refractivity contribution is -0.116. The molecule has 0 radical (unpaired) electrons. The zero-order chi connectivity index (χ0) is 24.2. The number of rotatable bonds is 8. The Hall–Kier alpha value is -2.82. The molecule has 0 saturated carbocycles. The summed E-state index contributed by atoms with van der Waals surface area (Å²) in [5.74, 6) is -0.344. The second kappa shape index (κ2) is 10.6. The number of nitrogens with zero attached hydrogens (tertiary/aromatic N) is 2. The first-order valence-corrected chi connectivity index (χ1v) is 12.5. The van der Waals surface area contributed by atoms with Gasteiger partial charge in [0.25, 0.3) is 5.91 Å². The van der Waals surface area contributed by atoms with Gasteiger partial charge in [-0.25, -0.2) is 4.79 Å².